The van der Waals surface area contributed by atoms with Crippen molar-refractivity contribution in [2.24, 2.45) is 50.2 Å². The van der Waals surface area contributed by atoms with Crippen molar-refractivity contribution in [3.63, 3.8) is 0 Å². The maximum atomic E-state index is 14.5. The molecular weight excluding hydrogens is 466 g/mol. The topological polar surface area (TPSA) is 40.5 Å². The Balaban J connectivity index is 1.43. The Morgan fingerprint density at radius 1 is 0.816 bits per heavy atom. The van der Waals surface area contributed by atoms with E-state index in [0.29, 0.717) is 29.1 Å². The first-order chi connectivity index (χ1) is 17.6. The highest BCUT2D eigenvalue weighted by molar-refractivity contribution is 5.87. The van der Waals surface area contributed by atoms with Gasteiger partial charge in [0.05, 0.1) is 11.5 Å². The van der Waals surface area contributed by atoms with Gasteiger partial charge in [0.2, 0.25) is 5.91 Å². The van der Waals surface area contributed by atoms with E-state index in [1.807, 2.05) is 0 Å². The lowest BCUT2D eigenvalue weighted by Gasteiger charge is -2.71. The van der Waals surface area contributed by atoms with Crippen LogP contribution < -0.4 is 0 Å². The van der Waals surface area contributed by atoms with E-state index < -0.39 is 0 Å². The second kappa shape index (κ2) is 8.36. The van der Waals surface area contributed by atoms with Crippen molar-refractivity contribution >= 4 is 5.91 Å². The molecule has 8 atom stereocenters. The number of nitrogens with zero attached hydrogens (tertiary/aromatic N) is 1. The fourth-order valence-electron chi connectivity index (χ4n) is 12.0. The molecule has 4 saturated carbocycles. The fourth-order valence-corrected chi connectivity index (χ4v) is 12.0. The molecule has 1 N–H and O–H groups in total. The molecule has 0 aromatic heterocycles. The fraction of sp³-hybridized carbons (Fsp3) is 0.914. The van der Waals surface area contributed by atoms with Gasteiger partial charge in [0, 0.05) is 13.1 Å². The first-order valence-electron chi connectivity index (χ1n) is 16.3. The van der Waals surface area contributed by atoms with Crippen LogP contribution in [-0.2, 0) is 4.79 Å². The van der Waals surface area contributed by atoms with Gasteiger partial charge >= 0.3 is 0 Å². The quantitative estimate of drug-likeness (QED) is 0.352. The molecule has 5 fully saturated rings. The molecule has 1 heterocycles. The average molecular weight is 524 g/mol. The number of amides is 1. The van der Waals surface area contributed by atoms with Gasteiger partial charge < -0.3 is 10.0 Å². The lowest BCUT2D eigenvalue weighted by molar-refractivity contribution is -0.204. The second-order valence-corrected chi connectivity index (χ2v) is 17.3. The second-order valence-electron chi connectivity index (χ2n) is 17.3. The molecular formula is C35H57NO2. The highest BCUT2D eigenvalue weighted by Gasteiger charge is 2.68. The first-order valence-corrected chi connectivity index (χ1v) is 16.3. The summed E-state index contributed by atoms with van der Waals surface area (Å²) in [6.45, 7) is 21.8. The molecule has 1 amide bonds. The van der Waals surface area contributed by atoms with Gasteiger partial charge in [-0.15, -0.1) is 0 Å². The molecule has 1 aliphatic heterocycles. The van der Waals surface area contributed by atoms with E-state index >= 15 is 0 Å². The maximum Gasteiger partial charge on any atom is 0.232 e. The van der Waals surface area contributed by atoms with Gasteiger partial charge in [0.15, 0.2) is 0 Å². The highest BCUT2D eigenvalue weighted by atomic mass is 16.3. The summed E-state index contributed by atoms with van der Waals surface area (Å²) in [6, 6.07) is 0. The van der Waals surface area contributed by atoms with E-state index in [2.05, 4.69) is 60.3 Å². The summed E-state index contributed by atoms with van der Waals surface area (Å²) in [6.07, 6.45) is 13.7. The van der Waals surface area contributed by atoms with E-state index in [1.165, 1.54) is 51.4 Å². The van der Waals surface area contributed by atoms with Crippen LogP contribution in [0.25, 0.3) is 0 Å². The number of hydrogen-bond acceptors (Lipinski definition) is 2. The molecule has 5 aliphatic carbocycles. The predicted molar refractivity (Wildman–Crippen MR) is 155 cm³/mol. The summed E-state index contributed by atoms with van der Waals surface area (Å²) in [5.41, 5.74) is 4.17. The zero-order chi connectivity index (χ0) is 27.5. The Hall–Kier alpha value is -0.830. The number of likely N-dealkylation sites (tertiary alicyclic amines) is 1. The van der Waals surface area contributed by atoms with Crippen molar-refractivity contribution in [2.45, 2.75) is 139 Å². The number of rotatable bonds is 1. The Labute approximate surface area is 233 Å². The number of fused-ring (bicyclic) bond motifs is 6. The highest BCUT2D eigenvalue weighted by Crippen LogP contribution is 2.75. The van der Waals surface area contributed by atoms with Crippen LogP contribution in [0.3, 0.4) is 0 Å². The van der Waals surface area contributed by atoms with Crippen molar-refractivity contribution in [3.8, 4) is 0 Å². The number of aliphatic hydroxyl groups is 1. The van der Waals surface area contributed by atoms with Gasteiger partial charge in [0.1, 0.15) is 0 Å². The number of carbonyl (C=O) groups excluding carboxylic acids is 1. The minimum absolute atomic E-state index is 0.00235. The van der Waals surface area contributed by atoms with Gasteiger partial charge in [-0.25, -0.2) is 0 Å². The molecule has 0 bridgehead atoms. The van der Waals surface area contributed by atoms with Gasteiger partial charge in [-0.3, -0.25) is 4.79 Å². The molecule has 0 aromatic carbocycles. The van der Waals surface area contributed by atoms with Gasteiger partial charge in [-0.05, 0) is 122 Å². The molecule has 0 unspecified atom stereocenters. The third kappa shape index (κ3) is 3.45. The number of hydrogen-bond donors (Lipinski definition) is 1. The Morgan fingerprint density at radius 3 is 2.21 bits per heavy atom. The van der Waals surface area contributed by atoms with Crippen LogP contribution in [0.15, 0.2) is 11.1 Å². The largest absolute Gasteiger partial charge is 0.393 e. The van der Waals surface area contributed by atoms with Crippen molar-refractivity contribution in [1.29, 1.82) is 0 Å². The third-order valence-electron chi connectivity index (χ3n) is 14.6. The average Bonchev–Trinajstić information content (AvgIpc) is 3.27. The summed E-state index contributed by atoms with van der Waals surface area (Å²) in [5.74, 6) is 2.44. The van der Waals surface area contributed by atoms with Crippen molar-refractivity contribution in [2.75, 3.05) is 13.1 Å². The third-order valence-corrected chi connectivity index (χ3v) is 14.6. The first kappa shape index (κ1) is 27.3. The Bertz CT molecular complexity index is 1040. The van der Waals surface area contributed by atoms with E-state index in [0.717, 1.165) is 38.8 Å². The van der Waals surface area contributed by atoms with Crippen LogP contribution in [0.4, 0.5) is 0 Å². The molecule has 38 heavy (non-hydrogen) atoms. The van der Waals surface area contributed by atoms with E-state index in [9.17, 15) is 9.90 Å². The normalized spacial score (nSPS) is 49.6. The summed E-state index contributed by atoms with van der Waals surface area (Å²) in [5, 5.41) is 11.0. The van der Waals surface area contributed by atoms with E-state index in [1.54, 1.807) is 11.1 Å². The summed E-state index contributed by atoms with van der Waals surface area (Å²) >= 11 is 0. The van der Waals surface area contributed by atoms with Crippen LogP contribution in [0.5, 0.6) is 0 Å². The smallest absolute Gasteiger partial charge is 0.232 e. The monoisotopic (exact) mass is 523 g/mol. The van der Waals surface area contributed by atoms with Crippen molar-refractivity contribution in [3.05, 3.63) is 11.1 Å². The molecule has 0 aromatic rings. The van der Waals surface area contributed by atoms with E-state index in [4.69, 9.17) is 0 Å². The molecule has 0 spiro atoms. The van der Waals surface area contributed by atoms with Crippen LogP contribution in [0.2, 0.25) is 0 Å². The molecule has 6 aliphatic rings. The maximum absolute atomic E-state index is 14.5. The number of aliphatic hydroxyl groups excluding tert-OH is 1. The number of allylic oxidation sites excluding steroid dienone is 1. The predicted octanol–water partition coefficient (Wildman–Crippen LogP) is 8.16. The summed E-state index contributed by atoms with van der Waals surface area (Å²) in [4.78, 5) is 16.7. The molecule has 0 radical (unpaired) electrons. The van der Waals surface area contributed by atoms with Crippen molar-refractivity contribution in [1.82, 2.24) is 4.90 Å². The standard InChI is InChI=1S/C35H57NO2/c1-23-13-20-36(22-23)29(38)35-18-16-30(2,3)21-25(35)24-9-10-27-32(6)14-12-28(37)31(4,5)26(32)11-15-34(27,8)33(24,7)17-19-35/h23,26-28,37H,9-22H2,1-8H3/t23-,26-,27+,28-,32-,33+,34+,35-/m0/s1. The Morgan fingerprint density at radius 2 is 1.53 bits per heavy atom. The molecule has 214 valence electrons. The number of carbonyl (C=O) groups is 1. The Kier molecular flexibility index (Phi) is 6.01. The zero-order valence-corrected chi connectivity index (χ0v) is 26.0. The molecule has 6 rings (SSSR count). The van der Waals surface area contributed by atoms with Gasteiger partial charge in [-0.2, -0.15) is 0 Å². The molecule has 1 saturated heterocycles. The minimum Gasteiger partial charge on any atom is -0.393 e. The lowest BCUT2D eigenvalue weighted by Crippen LogP contribution is -2.64. The lowest BCUT2D eigenvalue weighted by atomic mass is 9.34. The van der Waals surface area contributed by atoms with Crippen LogP contribution >= 0.6 is 0 Å². The summed E-state index contributed by atoms with van der Waals surface area (Å²) < 4.78 is 0. The van der Waals surface area contributed by atoms with Crippen LogP contribution in [0.1, 0.15) is 132 Å². The summed E-state index contributed by atoms with van der Waals surface area (Å²) in [7, 11) is 0. The van der Waals surface area contributed by atoms with Gasteiger partial charge in [-0.1, -0.05) is 66.5 Å². The van der Waals surface area contributed by atoms with Crippen LogP contribution in [-0.4, -0.2) is 35.1 Å². The van der Waals surface area contributed by atoms with Gasteiger partial charge in [0.25, 0.3) is 0 Å². The van der Waals surface area contributed by atoms with Crippen molar-refractivity contribution < 1.29 is 9.90 Å². The molecule has 3 heteroatoms. The van der Waals surface area contributed by atoms with Crippen LogP contribution in [0, 0.1) is 50.2 Å². The SMILES string of the molecule is C[C@H]1CCN(C(=O)[C@]23CCC(C)(C)CC2=C2CC[C@@H]4[C@@]5(C)CC[C@H](O)C(C)(C)[C@@H]5CC[C@@]4(C)[C@]2(C)CC3)C1. The molecule has 3 nitrogen and oxygen atoms in total. The van der Waals surface area contributed by atoms with E-state index in [-0.39, 0.29) is 33.2 Å². The zero-order valence-electron chi connectivity index (χ0n) is 26.0. The minimum atomic E-state index is -0.227.